The van der Waals surface area contributed by atoms with Crippen molar-refractivity contribution in [2.75, 3.05) is 16.8 Å². The molecular formula is C17H18N6O. The number of rotatable bonds is 3. The highest BCUT2D eigenvalue weighted by Gasteiger charge is 2.30. The first-order chi connectivity index (χ1) is 11.7. The smallest absolute Gasteiger partial charge is 0.254 e. The number of benzene rings is 1. The maximum atomic E-state index is 12.9. The number of carbonyl (C=O) groups excluding carboxylic acids is 1. The molecule has 0 saturated carbocycles. The van der Waals surface area contributed by atoms with E-state index in [1.807, 2.05) is 48.2 Å². The Hall–Kier alpha value is -2.96. The molecule has 1 N–H and O–H groups in total. The van der Waals surface area contributed by atoms with Crippen LogP contribution in [0.4, 0.5) is 11.5 Å². The average Bonchev–Trinajstić information content (AvgIpc) is 3.06. The molecule has 0 bridgehead atoms. The minimum Gasteiger partial charge on any atom is -0.358 e. The summed E-state index contributed by atoms with van der Waals surface area (Å²) < 4.78 is 1.63. The molecule has 0 radical (unpaired) electrons. The van der Waals surface area contributed by atoms with Crippen molar-refractivity contribution < 1.29 is 4.79 Å². The lowest BCUT2D eigenvalue weighted by Gasteiger charge is -2.33. The normalized spacial score (nSPS) is 18.1. The van der Waals surface area contributed by atoms with E-state index in [1.54, 1.807) is 4.52 Å². The van der Waals surface area contributed by atoms with Gasteiger partial charge in [-0.1, -0.05) is 18.2 Å². The third-order valence-corrected chi connectivity index (χ3v) is 4.21. The van der Waals surface area contributed by atoms with Gasteiger partial charge in [0.15, 0.2) is 0 Å². The van der Waals surface area contributed by atoms with E-state index in [1.165, 1.54) is 6.33 Å². The summed E-state index contributed by atoms with van der Waals surface area (Å²) in [7, 11) is 0. The van der Waals surface area contributed by atoms with Gasteiger partial charge in [0.05, 0.1) is 0 Å². The standard InChI is InChI=1S/C17H18N6O/c1-12-10-15(23-17(20-12)18-11-19-23)21-14-8-5-9-22(16(14)24)13-6-3-2-4-7-13/h2-4,6-7,10-11,14,21H,5,8-9H2,1H3/t14-/m0/s1. The quantitative estimate of drug-likeness (QED) is 0.798. The Kier molecular flexibility index (Phi) is 3.60. The van der Waals surface area contributed by atoms with E-state index >= 15 is 0 Å². The van der Waals surface area contributed by atoms with E-state index in [0.717, 1.165) is 36.6 Å². The summed E-state index contributed by atoms with van der Waals surface area (Å²) in [5.74, 6) is 1.35. The fourth-order valence-electron chi connectivity index (χ4n) is 3.09. The van der Waals surface area contributed by atoms with Gasteiger partial charge in [0.1, 0.15) is 18.2 Å². The van der Waals surface area contributed by atoms with E-state index in [-0.39, 0.29) is 11.9 Å². The topological polar surface area (TPSA) is 75.4 Å². The Balaban J connectivity index is 1.62. The zero-order valence-electron chi connectivity index (χ0n) is 13.4. The van der Waals surface area contributed by atoms with Crippen molar-refractivity contribution in [3.05, 3.63) is 48.4 Å². The minimum atomic E-state index is -0.284. The highest BCUT2D eigenvalue weighted by atomic mass is 16.2. The molecule has 0 aliphatic carbocycles. The lowest BCUT2D eigenvalue weighted by molar-refractivity contribution is -0.120. The Morgan fingerprint density at radius 3 is 2.92 bits per heavy atom. The number of nitrogens with zero attached hydrogens (tertiary/aromatic N) is 5. The summed E-state index contributed by atoms with van der Waals surface area (Å²) in [4.78, 5) is 23.2. The molecule has 7 heteroatoms. The predicted molar refractivity (Wildman–Crippen MR) is 91.0 cm³/mol. The summed E-state index contributed by atoms with van der Waals surface area (Å²) in [5.41, 5.74) is 1.77. The van der Waals surface area contributed by atoms with Crippen LogP contribution in [-0.2, 0) is 4.79 Å². The number of nitrogens with one attached hydrogen (secondary N) is 1. The molecule has 1 aromatic carbocycles. The van der Waals surface area contributed by atoms with Crippen molar-refractivity contribution in [3.63, 3.8) is 0 Å². The first-order valence-electron chi connectivity index (χ1n) is 8.03. The molecule has 24 heavy (non-hydrogen) atoms. The van der Waals surface area contributed by atoms with Crippen LogP contribution < -0.4 is 10.2 Å². The number of carbonyl (C=O) groups is 1. The molecule has 7 nitrogen and oxygen atoms in total. The van der Waals surface area contributed by atoms with Crippen LogP contribution in [0.1, 0.15) is 18.5 Å². The van der Waals surface area contributed by atoms with Gasteiger partial charge in [-0.2, -0.15) is 14.6 Å². The Morgan fingerprint density at radius 2 is 2.08 bits per heavy atom. The average molecular weight is 322 g/mol. The molecule has 122 valence electrons. The maximum Gasteiger partial charge on any atom is 0.254 e. The zero-order chi connectivity index (χ0) is 16.5. The zero-order valence-corrected chi connectivity index (χ0v) is 13.4. The van der Waals surface area contributed by atoms with Gasteiger partial charge in [-0.25, -0.2) is 4.98 Å². The van der Waals surface area contributed by atoms with Crippen LogP contribution in [0, 0.1) is 6.92 Å². The number of anilines is 2. The highest BCUT2D eigenvalue weighted by molar-refractivity contribution is 5.99. The molecule has 0 unspecified atom stereocenters. The molecule has 3 aromatic rings. The highest BCUT2D eigenvalue weighted by Crippen LogP contribution is 2.23. The fraction of sp³-hybridized carbons (Fsp3) is 0.294. The number of amides is 1. The Morgan fingerprint density at radius 1 is 1.25 bits per heavy atom. The Labute approximate surface area is 139 Å². The van der Waals surface area contributed by atoms with Crippen molar-refractivity contribution in [2.45, 2.75) is 25.8 Å². The molecule has 1 saturated heterocycles. The lowest BCUT2D eigenvalue weighted by Crippen LogP contribution is -2.48. The summed E-state index contributed by atoms with van der Waals surface area (Å²) in [6, 6.07) is 11.4. The second kappa shape index (κ2) is 5.92. The number of hydrogen-bond donors (Lipinski definition) is 1. The maximum absolute atomic E-state index is 12.9. The van der Waals surface area contributed by atoms with Gasteiger partial charge < -0.3 is 10.2 Å². The van der Waals surface area contributed by atoms with Crippen LogP contribution in [-0.4, -0.2) is 38.1 Å². The van der Waals surface area contributed by atoms with Gasteiger partial charge >= 0.3 is 0 Å². The molecule has 3 heterocycles. The van der Waals surface area contributed by atoms with Crippen molar-refractivity contribution in [2.24, 2.45) is 0 Å². The molecule has 0 spiro atoms. The van der Waals surface area contributed by atoms with Crippen LogP contribution in [0.5, 0.6) is 0 Å². The second-order valence-electron chi connectivity index (χ2n) is 5.92. The van der Waals surface area contributed by atoms with Gasteiger partial charge in [0.25, 0.3) is 5.78 Å². The first kappa shape index (κ1) is 14.6. The lowest BCUT2D eigenvalue weighted by atomic mass is 10.0. The van der Waals surface area contributed by atoms with Gasteiger partial charge in [0, 0.05) is 24.0 Å². The number of piperidine rings is 1. The van der Waals surface area contributed by atoms with Gasteiger partial charge in [-0.15, -0.1) is 0 Å². The molecule has 1 amide bonds. The van der Waals surface area contributed by atoms with Crippen LogP contribution in [0.3, 0.4) is 0 Å². The first-order valence-corrected chi connectivity index (χ1v) is 8.03. The number of para-hydroxylation sites is 1. The molecule has 1 aliphatic heterocycles. The summed E-state index contributed by atoms with van der Waals surface area (Å²) in [5, 5.41) is 7.51. The van der Waals surface area contributed by atoms with E-state index in [4.69, 9.17) is 0 Å². The van der Waals surface area contributed by atoms with E-state index in [0.29, 0.717) is 5.78 Å². The second-order valence-corrected chi connectivity index (χ2v) is 5.92. The summed E-state index contributed by atoms with van der Waals surface area (Å²) in [6.45, 7) is 2.65. The van der Waals surface area contributed by atoms with Crippen molar-refractivity contribution in [1.82, 2.24) is 19.6 Å². The van der Waals surface area contributed by atoms with E-state index in [9.17, 15) is 4.79 Å². The number of aromatic nitrogens is 4. The molecular weight excluding hydrogens is 304 g/mol. The monoisotopic (exact) mass is 322 g/mol. The van der Waals surface area contributed by atoms with Crippen LogP contribution in [0.2, 0.25) is 0 Å². The largest absolute Gasteiger partial charge is 0.358 e. The summed E-state index contributed by atoms with van der Waals surface area (Å²) in [6.07, 6.45) is 3.20. The van der Waals surface area contributed by atoms with E-state index in [2.05, 4.69) is 20.4 Å². The number of hydrogen-bond acceptors (Lipinski definition) is 5. The SMILES string of the molecule is Cc1cc(N[C@H]2CCCN(c3ccccc3)C2=O)n2ncnc2n1. The predicted octanol–water partition coefficient (Wildman–Crippen LogP) is 2.04. The third kappa shape index (κ3) is 2.58. The van der Waals surface area contributed by atoms with Gasteiger partial charge in [-0.05, 0) is 31.9 Å². The minimum absolute atomic E-state index is 0.0789. The number of fused-ring (bicyclic) bond motifs is 1. The van der Waals surface area contributed by atoms with Crippen LogP contribution in [0.15, 0.2) is 42.7 Å². The molecule has 4 rings (SSSR count). The van der Waals surface area contributed by atoms with E-state index < -0.39 is 0 Å². The summed E-state index contributed by atoms with van der Waals surface area (Å²) >= 11 is 0. The molecule has 1 aliphatic rings. The van der Waals surface area contributed by atoms with Crippen LogP contribution in [0.25, 0.3) is 5.78 Å². The third-order valence-electron chi connectivity index (χ3n) is 4.21. The van der Waals surface area contributed by atoms with Gasteiger partial charge in [-0.3, -0.25) is 4.79 Å². The molecule has 1 atom stereocenters. The Bertz CT molecular complexity index is 875. The van der Waals surface area contributed by atoms with Crippen molar-refractivity contribution in [1.29, 1.82) is 0 Å². The van der Waals surface area contributed by atoms with Crippen molar-refractivity contribution in [3.8, 4) is 0 Å². The number of aryl methyl sites for hydroxylation is 1. The van der Waals surface area contributed by atoms with Gasteiger partial charge in [0.2, 0.25) is 5.91 Å². The van der Waals surface area contributed by atoms with Crippen LogP contribution >= 0.6 is 0 Å². The fourth-order valence-corrected chi connectivity index (χ4v) is 3.09. The van der Waals surface area contributed by atoms with Crippen molar-refractivity contribution >= 4 is 23.2 Å². The molecule has 2 aromatic heterocycles. The molecule has 1 fully saturated rings.